The Morgan fingerprint density at radius 3 is 1.83 bits per heavy atom. The number of urea groups is 2. The van der Waals surface area contributed by atoms with Gasteiger partial charge >= 0.3 is 12.1 Å². The predicted octanol–water partition coefficient (Wildman–Crippen LogP) is -1.52. The van der Waals surface area contributed by atoms with E-state index in [2.05, 4.69) is 21.5 Å². The Morgan fingerprint density at radius 1 is 0.875 bits per heavy atom. The summed E-state index contributed by atoms with van der Waals surface area (Å²) < 4.78 is 0. The molecule has 0 aromatic heterocycles. The normalized spacial score (nSPS) is 9.67. The SMILES string of the molecule is CCC(=O)N(CCNC(=O)NN(CCN)C(=O)CC)NC(=O)NC. The number of hydrogen-bond donors (Lipinski definition) is 5. The van der Waals surface area contributed by atoms with E-state index < -0.39 is 12.1 Å². The van der Waals surface area contributed by atoms with E-state index in [-0.39, 0.29) is 50.8 Å². The number of rotatable bonds is 7. The van der Waals surface area contributed by atoms with E-state index in [9.17, 15) is 19.2 Å². The van der Waals surface area contributed by atoms with Gasteiger partial charge in [-0.3, -0.25) is 19.6 Å². The van der Waals surface area contributed by atoms with Crippen molar-refractivity contribution in [3.63, 3.8) is 0 Å². The molecule has 0 aliphatic heterocycles. The maximum atomic E-state index is 11.8. The Kier molecular flexibility index (Phi) is 10.7. The summed E-state index contributed by atoms with van der Waals surface area (Å²) in [6.45, 7) is 3.89. The second-order valence-corrected chi connectivity index (χ2v) is 4.65. The molecular formula is C13H27N7O4. The van der Waals surface area contributed by atoms with Gasteiger partial charge in [-0.15, -0.1) is 0 Å². The van der Waals surface area contributed by atoms with Gasteiger partial charge < -0.3 is 16.4 Å². The van der Waals surface area contributed by atoms with Gasteiger partial charge in [-0.1, -0.05) is 13.8 Å². The summed E-state index contributed by atoms with van der Waals surface area (Å²) in [5.41, 5.74) is 10.1. The number of nitrogens with zero attached hydrogens (tertiary/aromatic N) is 2. The van der Waals surface area contributed by atoms with Crippen LogP contribution in [0, 0.1) is 0 Å². The highest BCUT2D eigenvalue weighted by Crippen LogP contribution is 1.91. The van der Waals surface area contributed by atoms with Crippen molar-refractivity contribution >= 4 is 23.9 Å². The third-order valence-electron chi connectivity index (χ3n) is 2.88. The number of carbonyl (C=O) groups excluding carboxylic acids is 4. The molecule has 0 spiro atoms. The highest BCUT2D eigenvalue weighted by atomic mass is 16.2. The predicted molar refractivity (Wildman–Crippen MR) is 87.2 cm³/mol. The zero-order valence-corrected chi connectivity index (χ0v) is 14.3. The average molecular weight is 345 g/mol. The van der Waals surface area contributed by atoms with Crippen molar-refractivity contribution in [3.8, 4) is 0 Å². The molecule has 0 unspecified atom stereocenters. The van der Waals surface area contributed by atoms with Gasteiger partial charge in [-0.05, 0) is 0 Å². The molecule has 138 valence electrons. The van der Waals surface area contributed by atoms with Gasteiger partial charge in [0.05, 0.1) is 13.1 Å². The highest BCUT2D eigenvalue weighted by Gasteiger charge is 2.16. The second-order valence-electron chi connectivity index (χ2n) is 4.65. The molecule has 0 aromatic carbocycles. The van der Waals surface area contributed by atoms with E-state index in [0.717, 1.165) is 10.0 Å². The third kappa shape index (κ3) is 8.17. The lowest BCUT2D eigenvalue weighted by molar-refractivity contribution is -0.133. The van der Waals surface area contributed by atoms with Crippen molar-refractivity contribution in [2.75, 3.05) is 33.2 Å². The van der Waals surface area contributed by atoms with Gasteiger partial charge in [0.25, 0.3) is 0 Å². The van der Waals surface area contributed by atoms with E-state index in [1.165, 1.54) is 7.05 Å². The first-order valence-electron chi connectivity index (χ1n) is 7.73. The van der Waals surface area contributed by atoms with Crippen LogP contribution in [-0.4, -0.2) is 67.1 Å². The summed E-state index contributed by atoms with van der Waals surface area (Å²) in [6, 6.07) is -1.14. The van der Waals surface area contributed by atoms with Crippen LogP contribution in [0.25, 0.3) is 0 Å². The van der Waals surface area contributed by atoms with Gasteiger partial charge in [0.15, 0.2) is 0 Å². The number of amides is 6. The maximum absolute atomic E-state index is 11.8. The van der Waals surface area contributed by atoms with E-state index in [4.69, 9.17) is 5.73 Å². The van der Waals surface area contributed by atoms with Gasteiger partial charge in [-0.2, -0.15) is 0 Å². The van der Waals surface area contributed by atoms with Crippen molar-refractivity contribution < 1.29 is 19.2 Å². The van der Waals surface area contributed by atoms with Gasteiger partial charge in [0.2, 0.25) is 11.8 Å². The molecule has 11 nitrogen and oxygen atoms in total. The Balaban J connectivity index is 4.42. The molecule has 0 aromatic rings. The molecule has 0 fully saturated rings. The smallest absolute Gasteiger partial charge is 0.333 e. The number of hydrogen-bond acceptors (Lipinski definition) is 5. The van der Waals surface area contributed by atoms with E-state index in [1.54, 1.807) is 13.8 Å². The zero-order valence-electron chi connectivity index (χ0n) is 14.3. The zero-order chi connectivity index (χ0) is 18.5. The van der Waals surface area contributed by atoms with E-state index in [1.807, 2.05) is 0 Å². The second kappa shape index (κ2) is 11.9. The standard InChI is InChI=1S/C13H27N7O4/c1-4-10(21)19(8-6-14)18-13(24)16-7-9-20(11(22)5-2)17-12(23)15-3/h4-9,14H2,1-3H3,(H2,15,17,23)(H2,16,18,24). The topological polar surface area (TPSA) is 149 Å². The monoisotopic (exact) mass is 345 g/mol. The maximum Gasteiger partial charge on any atom is 0.333 e. The van der Waals surface area contributed by atoms with Crippen LogP contribution in [0.15, 0.2) is 0 Å². The Morgan fingerprint density at radius 2 is 1.38 bits per heavy atom. The molecule has 0 aliphatic rings. The molecule has 0 aliphatic carbocycles. The molecule has 0 saturated heterocycles. The van der Waals surface area contributed by atoms with Crippen molar-refractivity contribution in [2.45, 2.75) is 26.7 Å². The summed E-state index contributed by atoms with van der Waals surface area (Å²) >= 11 is 0. The first-order valence-corrected chi connectivity index (χ1v) is 7.73. The molecule has 0 rings (SSSR count). The molecule has 11 heteroatoms. The number of hydrazine groups is 2. The third-order valence-corrected chi connectivity index (χ3v) is 2.88. The fourth-order valence-corrected chi connectivity index (χ4v) is 1.62. The molecule has 6 N–H and O–H groups in total. The molecule has 0 radical (unpaired) electrons. The van der Waals surface area contributed by atoms with Crippen LogP contribution in [0.1, 0.15) is 26.7 Å². The summed E-state index contributed by atoms with van der Waals surface area (Å²) in [6.07, 6.45) is 0.431. The average Bonchev–Trinajstić information content (AvgIpc) is 2.58. The van der Waals surface area contributed by atoms with Crippen LogP contribution in [0.4, 0.5) is 9.59 Å². The molecule has 0 saturated carbocycles. The number of nitrogens with one attached hydrogen (secondary N) is 4. The van der Waals surface area contributed by atoms with Crippen LogP contribution in [0.5, 0.6) is 0 Å². The lowest BCUT2D eigenvalue weighted by Crippen LogP contribution is -2.54. The van der Waals surface area contributed by atoms with Crippen LogP contribution in [0.2, 0.25) is 0 Å². The van der Waals surface area contributed by atoms with E-state index >= 15 is 0 Å². The van der Waals surface area contributed by atoms with Gasteiger partial charge in [0.1, 0.15) is 0 Å². The van der Waals surface area contributed by atoms with Crippen molar-refractivity contribution in [3.05, 3.63) is 0 Å². The van der Waals surface area contributed by atoms with Crippen LogP contribution >= 0.6 is 0 Å². The largest absolute Gasteiger partial charge is 0.340 e. The minimum atomic E-state index is -0.603. The molecule has 0 bridgehead atoms. The van der Waals surface area contributed by atoms with Crippen LogP contribution < -0.4 is 27.2 Å². The minimum Gasteiger partial charge on any atom is -0.340 e. The molecular weight excluding hydrogens is 318 g/mol. The van der Waals surface area contributed by atoms with Crippen LogP contribution in [0.3, 0.4) is 0 Å². The molecule has 6 amide bonds. The first-order chi connectivity index (χ1) is 11.4. The van der Waals surface area contributed by atoms with Crippen LogP contribution in [-0.2, 0) is 9.59 Å². The van der Waals surface area contributed by atoms with Gasteiger partial charge in [0, 0.05) is 33.0 Å². The Hall–Kier alpha value is -2.56. The summed E-state index contributed by atoms with van der Waals surface area (Å²) in [7, 11) is 1.42. The molecule has 24 heavy (non-hydrogen) atoms. The first kappa shape index (κ1) is 21.4. The number of nitrogens with two attached hydrogens (primary N) is 1. The summed E-state index contributed by atoms with van der Waals surface area (Å²) in [5, 5.41) is 7.07. The molecule has 0 atom stereocenters. The van der Waals surface area contributed by atoms with Gasteiger partial charge in [-0.25, -0.2) is 20.4 Å². The van der Waals surface area contributed by atoms with Crippen molar-refractivity contribution in [2.24, 2.45) is 5.73 Å². The highest BCUT2D eigenvalue weighted by molar-refractivity contribution is 5.82. The fourth-order valence-electron chi connectivity index (χ4n) is 1.62. The van der Waals surface area contributed by atoms with Crippen molar-refractivity contribution in [1.29, 1.82) is 0 Å². The van der Waals surface area contributed by atoms with Crippen molar-refractivity contribution in [1.82, 2.24) is 31.5 Å². The number of carbonyl (C=O) groups is 4. The van der Waals surface area contributed by atoms with E-state index in [0.29, 0.717) is 0 Å². The Labute approximate surface area is 141 Å². The molecule has 0 heterocycles. The quantitative estimate of drug-likeness (QED) is 0.355. The summed E-state index contributed by atoms with van der Waals surface area (Å²) in [4.78, 5) is 46.4. The lowest BCUT2D eigenvalue weighted by Gasteiger charge is -2.24. The fraction of sp³-hybridized carbons (Fsp3) is 0.692. The lowest BCUT2D eigenvalue weighted by atomic mass is 10.4. The minimum absolute atomic E-state index is 0.0755. The Bertz CT molecular complexity index is 444. The summed E-state index contributed by atoms with van der Waals surface area (Å²) in [5.74, 6) is -0.564.